The van der Waals surface area contributed by atoms with E-state index in [1.54, 1.807) is 11.3 Å². The summed E-state index contributed by atoms with van der Waals surface area (Å²) in [6.45, 7) is 0.264. The summed E-state index contributed by atoms with van der Waals surface area (Å²) in [5.74, 6) is 0. The van der Waals surface area contributed by atoms with Gasteiger partial charge in [-0.1, -0.05) is 6.07 Å². The molecule has 1 heterocycles. The molecule has 0 unspecified atom stereocenters. The fourth-order valence-corrected chi connectivity index (χ4v) is 1.26. The molecule has 1 rings (SSSR count). The average molecular weight is 152 g/mol. The maximum absolute atomic E-state index is 8.44. The van der Waals surface area contributed by atoms with Crippen molar-refractivity contribution in [2.45, 2.75) is 6.42 Å². The van der Waals surface area contributed by atoms with E-state index in [1.165, 1.54) is 4.88 Å². The van der Waals surface area contributed by atoms with Gasteiger partial charge in [-0.3, -0.25) is 0 Å². The molecule has 1 nitrogen and oxygen atoms in total. The monoisotopic (exact) mass is 152 g/mol. The zero-order valence-electron chi connectivity index (χ0n) is 6.50. The van der Waals surface area contributed by atoms with Gasteiger partial charge in [0.15, 0.2) is 0 Å². The molecule has 9 heavy (non-hydrogen) atoms. The molecule has 0 aliphatic carbocycles. The van der Waals surface area contributed by atoms with Crippen LogP contribution in [0.4, 0.5) is 0 Å². The first-order valence-corrected chi connectivity index (χ1v) is 3.44. The van der Waals surface area contributed by atoms with Gasteiger partial charge in [-0.05, 0) is 11.4 Å². The Morgan fingerprint density at radius 1 is 1.67 bits per heavy atom. The predicted octanol–water partition coefficient (Wildman–Crippen LogP) is -1.60. The molecule has 0 atom stereocenters. The molecule has 0 spiro atoms. The van der Waals surface area contributed by atoms with Crippen molar-refractivity contribution in [2.24, 2.45) is 0 Å². The molecule has 3 heteroatoms. The third-order valence-corrected chi connectivity index (χ3v) is 1.87. The van der Waals surface area contributed by atoms with Gasteiger partial charge < -0.3 is 6.53 Å². The summed E-state index contributed by atoms with van der Waals surface area (Å²) in [5.41, 5.74) is 0. The summed E-state index contributed by atoms with van der Waals surface area (Å²) in [6, 6.07) is 4.02. The molecular weight excluding hydrogens is 143 g/mol. The first-order valence-electron chi connectivity index (χ1n) is 2.56. The molecule has 1 aromatic rings. The van der Waals surface area contributed by atoms with Crippen LogP contribution in [0.15, 0.2) is 17.5 Å². The van der Waals surface area contributed by atoms with Gasteiger partial charge in [-0.2, -0.15) is 0 Å². The van der Waals surface area contributed by atoms with Gasteiger partial charge in [0.2, 0.25) is 0 Å². The van der Waals surface area contributed by atoms with E-state index in [0.717, 1.165) is 6.42 Å². The third-order valence-electron chi connectivity index (χ3n) is 0.938. The van der Waals surface area contributed by atoms with Crippen LogP contribution in [-0.2, 0) is 6.42 Å². The minimum atomic E-state index is 0. The molecule has 0 saturated carbocycles. The van der Waals surface area contributed by atoms with E-state index in [9.17, 15) is 0 Å². The Kier molecular flexibility index (Phi) is 5.84. The fraction of sp³-hybridized carbons (Fsp3) is 0.333. The second kappa shape index (κ2) is 5.45. The number of hydrogen-bond donors (Lipinski definition) is 1. The van der Waals surface area contributed by atoms with E-state index < -0.39 is 0 Å². The largest absolute Gasteiger partial charge is 1.00 e. The summed E-state index contributed by atoms with van der Waals surface area (Å²) in [7, 11) is 0. The SMILES string of the molecule is OCCc1cccs1.[H-].[Na+]. The van der Waals surface area contributed by atoms with Gasteiger partial charge in [-0.15, -0.1) is 11.3 Å². The van der Waals surface area contributed by atoms with Crippen molar-refractivity contribution in [3.8, 4) is 0 Å². The second-order valence-electron chi connectivity index (χ2n) is 1.55. The molecule has 0 aromatic carbocycles. The van der Waals surface area contributed by atoms with Crippen molar-refractivity contribution >= 4 is 11.3 Å². The van der Waals surface area contributed by atoms with E-state index in [-0.39, 0.29) is 37.6 Å². The Morgan fingerprint density at radius 3 is 2.89 bits per heavy atom. The van der Waals surface area contributed by atoms with E-state index in [2.05, 4.69) is 0 Å². The number of aliphatic hydroxyl groups is 1. The third kappa shape index (κ3) is 3.38. The van der Waals surface area contributed by atoms with Crippen LogP contribution in [0.5, 0.6) is 0 Å². The second-order valence-corrected chi connectivity index (χ2v) is 2.59. The summed E-state index contributed by atoms with van der Waals surface area (Å²) < 4.78 is 0. The fourth-order valence-electron chi connectivity index (χ4n) is 0.565. The number of rotatable bonds is 2. The van der Waals surface area contributed by atoms with Gasteiger partial charge in [0, 0.05) is 17.9 Å². The van der Waals surface area contributed by atoms with Crippen LogP contribution in [0.3, 0.4) is 0 Å². The van der Waals surface area contributed by atoms with Crippen LogP contribution >= 0.6 is 11.3 Å². The minimum Gasteiger partial charge on any atom is -1.00 e. The van der Waals surface area contributed by atoms with Gasteiger partial charge in [0.25, 0.3) is 0 Å². The van der Waals surface area contributed by atoms with Crippen LogP contribution in [0.25, 0.3) is 0 Å². The van der Waals surface area contributed by atoms with E-state index in [1.807, 2.05) is 17.5 Å². The Bertz CT molecular complexity index is 143. The number of thiophene rings is 1. The Morgan fingerprint density at radius 2 is 2.44 bits per heavy atom. The maximum atomic E-state index is 8.44. The van der Waals surface area contributed by atoms with Crippen LogP contribution in [-0.4, -0.2) is 11.7 Å². The molecule has 1 N–H and O–H groups in total. The Hall–Kier alpha value is 0.660. The molecule has 0 amide bonds. The van der Waals surface area contributed by atoms with Gasteiger partial charge in [0.05, 0.1) is 0 Å². The Balaban J connectivity index is 0. The first-order chi connectivity index (χ1) is 3.93. The van der Waals surface area contributed by atoms with Crippen molar-refractivity contribution in [3.63, 3.8) is 0 Å². The average Bonchev–Trinajstić information content (AvgIpc) is 2.19. The van der Waals surface area contributed by atoms with E-state index in [4.69, 9.17) is 5.11 Å². The zero-order chi connectivity index (χ0) is 5.82. The molecule has 0 bridgehead atoms. The van der Waals surface area contributed by atoms with Crippen LogP contribution in [0, 0.1) is 0 Å². The van der Waals surface area contributed by atoms with Crippen LogP contribution in [0.2, 0.25) is 0 Å². The molecule has 0 aliphatic rings. The van der Waals surface area contributed by atoms with E-state index in [0.29, 0.717) is 0 Å². The smallest absolute Gasteiger partial charge is 1.00 e. The minimum absolute atomic E-state index is 0. The molecular formula is C6H9NaOS. The summed E-state index contributed by atoms with van der Waals surface area (Å²) in [4.78, 5) is 1.26. The summed E-state index contributed by atoms with van der Waals surface area (Å²) in [6.07, 6.45) is 0.803. The zero-order valence-corrected chi connectivity index (χ0v) is 8.32. The summed E-state index contributed by atoms with van der Waals surface area (Å²) in [5, 5.41) is 10.5. The quantitative estimate of drug-likeness (QED) is 0.506. The molecule has 0 radical (unpaired) electrons. The maximum Gasteiger partial charge on any atom is 1.00 e. The van der Waals surface area contributed by atoms with Crippen LogP contribution < -0.4 is 29.6 Å². The first kappa shape index (κ1) is 9.66. The normalized spacial score (nSPS) is 8.56. The standard InChI is InChI=1S/C6H8OS.Na.H/c7-4-3-6-2-1-5-8-6;;/h1-2,5,7H,3-4H2;;/q;+1;-1. The van der Waals surface area contributed by atoms with Gasteiger partial charge >= 0.3 is 29.6 Å². The molecule has 0 fully saturated rings. The van der Waals surface area contributed by atoms with Crippen molar-refractivity contribution in [1.82, 2.24) is 0 Å². The van der Waals surface area contributed by atoms with Crippen LogP contribution in [0.1, 0.15) is 6.30 Å². The molecule has 46 valence electrons. The van der Waals surface area contributed by atoms with Crippen molar-refractivity contribution < 1.29 is 36.1 Å². The molecule has 0 saturated heterocycles. The number of hydrogen-bond acceptors (Lipinski definition) is 2. The Labute approximate surface area is 82.5 Å². The van der Waals surface area contributed by atoms with Crippen molar-refractivity contribution in [1.29, 1.82) is 0 Å². The number of aliphatic hydroxyl groups excluding tert-OH is 1. The molecule has 0 aliphatic heterocycles. The van der Waals surface area contributed by atoms with Crippen molar-refractivity contribution in [2.75, 3.05) is 6.61 Å². The summed E-state index contributed by atoms with van der Waals surface area (Å²) >= 11 is 1.69. The predicted molar refractivity (Wildman–Crippen MR) is 36.2 cm³/mol. The van der Waals surface area contributed by atoms with E-state index >= 15 is 0 Å². The van der Waals surface area contributed by atoms with Crippen molar-refractivity contribution in [3.05, 3.63) is 22.4 Å². The van der Waals surface area contributed by atoms with Gasteiger partial charge in [0.1, 0.15) is 0 Å². The van der Waals surface area contributed by atoms with Gasteiger partial charge in [-0.25, -0.2) is 0 Å². The molecule has 1 aromatic heterocycles. The topological polar surface area (TPSA) is 20.2 Å².